The Morgan fingerprint density at radius 1 is 1.28 bits per heavy atom. The van der Waals surface area contributed by atoms with E-state index in [-0.39, 0.29) is 0 Å². The lowest BCUT2D eigenvalue weighted by atomic mass is 10.2. The second-order valence-electron chi connectivity index (χ2n) is 5.27. The van der Waals surface area contributed by atoms with Gasteiger partial charge in [-0.25, -0.2) is 9.78 Å². The summed E-state index contributed by atoms with van der Waals surface area (Å²) in [4.78, 5) is 19.8. The molecule has 7 nitrogen and oxygen atoms in total. The zero-order chi connectivity index (χ0) is 18.1. The van der Waals surface area contributed by atoms with Gasteiger partial charge in [-0.05, 0) is 24.6 Å². The molecule has 0 bridgehead atoms. The fraction of sp³-hybridized carbons (Fsp3) is 0.353. The molecule has 0 saturated carbocycles. The van der Waals surface area contributed by atoms with Crippen LogP contribution >= 0.6 is 11.3 Å². The number of carbonyl (C=O) groups excluding carboxylic acids is 1. The Kier molecular flexibility index (Phi) is 7.21. The van der Waals surface area contributed by atoms with Gasteiger partial charge in [0.2, 0.25) is 0 Å². The summed E-state index contributed by atoms with van der Waals surface area (Å²) in [5.41, 5.74) is 2.87. The van der Waals surface area contributed by atoms with Gasteiger partial charge in [-0.15, -0.1) is 11.3 Å². The van der Waals surface area contributed by atoms with E-state index in [1.165, 1.54) is 7.11 Å². The second kappa shape index (κ2) is 9.63. The summed E-state index contributed by atoms with van der Waals surface area (Å²) < 4.78 is 4.56. The Hall–Kier alpha value is -2.61. The number of aliphatic imine (C=N–C) groups is 1. The Balaban J connectivity index is 1.75. The third kappa shape index (κ3) is 6.42. The molecule has 0 radical (unpaired) electrons. The number of methoxy groups -OCH3 is 1. The number of anilines is 1. The van der Waals surface area contributed by atoms with Crippen LogP contribution in [0, 0.1) is 6.92 Å². The quantitative estimate of drug-likeness (QED) is 0.544. The molecule has 1 heterocycles. The van der Waals surface area contributed by atoms with Gasteiger partial charge in [-0.2, -0.15) is 0 Å². The van der Waals surface area contributed by atoms with Crippen LogP contribution in [0.5, 0.6) is 0 Å². The summed E-state index contributed by atoms with van der Waals surface area (Å²) in [6, 6.07) is 7.52. The fourth-order valence-corrected chi connectivity index (χ4v) is 2.76. The summed E-state index contributed by atoms with van der Waals surface area (Å²) in [7, 11) is 3.08. The predicted molar refractivity (Wildman–Crippen MR) is 101 cm³/mol. The van der Waals surface area contributed by atoms with E-state index < -0.39 is 6.09 Å². The minimum atomic E-state index is -0.481. The van der Waals surface area contributed by atoms with E-state index in [9.17, 15) is 4.79 Å². The molecule has 0 saturated heterocycles. The van der Waals surface area contributed by atoms with Crippen molar-refractivity contribution in [2.45, 2.75) is 19.9 Å². The van der Waals surface area contributed by atoms with Crippen molar-refractivity contribution in [3.8, 4) is 0 Å². The Morgan fingerprint density at radius 3 is 2.64 bits per heavy atom. The van der Waals surface area contributed by atoms with E-state index in [1.54, 1.807) is 18.4 Å². The number of benzene rings is 1. The van der Waals surface area contributed by atoms with E-state index in [2.05, 4.69) is 36.0 Å². The normalized spacial score (nSPS) is 11.1. The molecule has 1 aromatic carbocycles. The maximum absolute atomic E-state index is 11.2. The first-order valence-corrected chi connectivity index (χ1v) is 8.78. The van der Waals surface area contributed by atoms with Crippen molar-refractivity contribution in [3.05, 3.63) is 45.9 Å². The molecule has 2 rings (SSSR count). The molecule has 0 spiro atoms. The molecule has 0 aliphatic carbocycles. The van der Waals surface area contributed by atoms with E-state index in [1.807, 2.05) is 31.2 Å². The smallest absolute Gasteiger partial charge is 0.411 e. The second-order valence-corrected chi connectivity index (χ2v) is 6.34. The molecule has 0 aliphatic heterocycles. The standard InChI is InChI=1S/C17H23N5O2S/c1-12-21-15(11-25-12)8-9-19-16(18-2)20-10-13-4-6-14(7-5-13)22-17(23)24-3/h4-7,11H,8-10H2,1-3H3,(H,22,23)(H2,18,19,20). The van der Waals surface area contributed by atoms with Crippen LogP contribution in [0.3, 0.4) is 0 Å². The predicted octanol–water partition coefficient (Wildman–Crippen LogP) is 2.54. The topological polar surface area (TPSA) is 87.6 Å². The summed E-state index contributed by atoms with van der Waals surface area (Å²) in [6.45, 7) is 3.41. The summed E-state index contributed by atoms with van der Waals surface area (Å²) in [5, 5.41) is 12.3. The Morgan fingerprint density at radius 2 is 2.04 bits per heavy atom. The van der Waals surface area contributed by atoms with Crippen molar-refractivity contribution in [1.82, 2.24) is 15.6 Å². The van der Waals surface area contributed by atoms with Crippen molar-refractivity contribution in [1.29, 1.82) is 0 Å². The molecule has 0 aliphatic rings. The molecule has 1 amide bonds. The number of rotatable bonds is 6. The average molecular weight is 361 g/mol. The highest BCUT2D eigenvalue weighted by Gasteiger charge is 2.03. The zero-order valence-electron chi connectivity index (χ0n) is 14.6. The van der Waals surface area contributed by atoms with Crippen molar-refractivity contribution >= 4 is 29.1 Å². The number of nitrogens with zero attached hydrogens (tertiary/aromatic N) is 2. The molecule has 134 valence electrons. The van der Waals surface area contributed by atoms with E-state index in [0.717, 1.165) is 35.2 Å². The highest BCUT2D eigenvalue weighted by molar-refractivity contribution is 7.09. The molecular formula is C17H23N5O2S. The van der Waals surface area contributed by atoms with Crippen molar-refractivity contribution in [2.24, 2.45) is 4.99 Å². The van der Waals surface area contributed by atoms with E-state index >= 15 is 0 Å². The molecule has 1 aromatic heterocycles. The maximum Gasteiger partial charge on any atom is 0.411 e. The van der Waals surface area contributed by atoms with Crippen LogP contribution < -0.4 is 16.0 Å². The number of hydrogen-bond acceptors (Lipinski definition) is 5. The first-order valence-electron chi connectivity index (χ1n) is 7.90. The van der Waals surface area contributed by atoms with Gasteiger partial charge in [-0.1, -0.05) is 12.1 Å². The van der Waals surface area contributed by atoms with Crippen LogP contribution in [0.15, 0.2) is 34.6 Å². The van der Waals surface area contributed by atoms with E-state index in [0.29, 0.717) is 12.2 Å². The van der Waals surface area contributed by atoms with Crippen molar-refractivity contribution in [2.75, 3.05) is 26.0 Å². The van der Waals surface area contributed by atoms with Crippen LogP contribution in [0.2, 0.25) is 0 Å². The molecule has 0 unspecified atom stereocenters. The highest BCUT2D eigenvalue weighted by Crippen LogP contribution is 2.10. The molecule has 0 fully saturated rings. The van der Waals surface area contributed by atoms with Gasteiger partial charge in [0.1, 0.15) is 0 Å². The number of nitrogens with one attached hydrogen (secondary N) is 3. The largest absolute Gasteiger partial charge is 0.453 e. The number of guanidine groups is 1. The lowest BCUT2D eigenvalue weighted by Crippen LogP contribution is -2.37. The number of ether oxygens (including phenoxy) is 1. The van der Waals surface area contributed by atoms with Gasteiger partial charge in [0.05, 0.1) is 17.8 Å². The fourth-order valence-electron chi connectivity index (χ4n) is 2.11. The number of hydrogen-bond donors (Lipinski definition) is 3. The minimum Gasteiger partial charge on any atom is -0.453 e. The number of amides is 1. The average Bonchev–Trinajstić information content (AvgIpc) is 3.04. The monoisotopic (exact) mass is 361 g/mol. The first kappa shape index (κ1) is 18.7. The minimum absolute atomic E-state index is 0.481. The Labute approximate surface area is 151 Å². The molecule has 0 atom stereocenters. The van der Waals surface area contributed by atoms with Gasteiger partial charge in [0, 0.05) is 37.6 Å². The summed E-state index contributed by atoms with van der Waals surface area (Å²) >= 11 is 1.66. The third-order valence-electron chi connectivity index (χ3n) is 3.41. The van der Waals surface area contributed by atoms with Crippen LogP contribution in [0.1, 0.15) is 16.3 Å². The molecular weight excluding hydrogens is 338 g/mol. The van der Waals surface area contributed by atoms with Gasteiger partial charge in [0.25, 0.3) is 0 Å². The van der Waals surface area contributed by atoms with Crippen molar-refractivity contribution < 1.29 is 9.53 Å². The lowest BCUT2D eigenvalue weighted by Gasteiger charge is -2.12. The zero-order valence-corrected chi connectivity index (χ0v) is 15.4. The van der Waals surface area contributed by atoms with Crippen LogP contribution in [0.25, 0.3) is 0 Å². The summed E-state index contributed by atoms with van der Waals surface area (Å²) in [5.74, 6) is 0.740. The number of thiazole rings is 1. The molecule has 3 N–H and O–H groups in total. The molecule has 2 aromatic rings. The van der Waals surface area contributed by atoms with Crippen LogP contribution in [-0.2, 0) is 17.7 Å². The third-order valence-corrected chi connectivity index (χ3v) is 4.23. The number of aryl methyl sites for hydroxylation is 1. The summed E-state index contributed by atoms with van der Waals surface area (Å²) in [6.07, 6.45) is 0.379. The lowest BCUT2D eigenvalue weighted by molar-refractivity contribution is 0.187. The van der Waals surface area contributed by atoms with Crippen LogP contribution in [-0.4, -0.2) is 37.7 Å². The van der Waals surface area contributed by atoms with Crippen molar-refractivity contribution in [3.63, 3.8) is 0 Å². The number of carbonyl (C=O) groups is 1. The van der Waals surface area contributed by atoms with Gasteiger partial charge in [-0.3, -0.25) is 10.3 Å². The number of aromatic nitrogens is 1. The molecule has 25 heavy (non-hydrogen) atoms. The van der Waals surface area contributed by atoms with Gasteiger partial charge >= 0.3 is 6.09 Å². The van der Waals surface area contributed by atoms with Crippen LogP contribution in [0.4, 0.5) is 10.5 Å². The highest BCUT2D eigenvalue weighted by atomic mass is 32.1. The Bertz CT molecular complexity index is 712. The first-order chi connectivity index (χ1) is 12.1. The van der Waals surface area contributed by atoms with Gasteiger partial charge < -0.3 is 15.4 Å². The van der Waals surface area contributed by atoms with Gasteiger partial charge in [0.15, 0.2) is 5.96 Å². The van der Waals surface area contributed by atoms with E-state index in [4.69, 9.17) is 0 Å². The molecule has 8 heteroatoms. The maximum atomic E-state index is 11.2. The SMILES string of the molecule is CN=C(NCCc1csc(C)n1)NCc1ccc(NC(=O)OC)cc1.